The lowest BCUT2D eigenvalue weighted by molar-refractivity contribution is -0.188. The number of carboxylic acids is 1. The van der Waals surface area contributed by atoms with Gasteiger partial charge in [0.05, 0.1) is 11.8 Å². The second kappa shape index (κ2) is 5.91. The molecule has 0 bridgehead atoms. The Morgan fingerprint density at radius 2 is 1.89 bits per heavy atom. The largest absolute Gasteiger partial charge is 0.481 e. The van der Waals surface area contributed by atoms with E-state index in [2.05, 4.69) is 0 Å². The highest BCUT2D eigenvalue weighted by molar-refractivity contribution is 5.71. The lowest BCUT2D eigenvalue weighted by Gasteiger charge is -2.22. The molecule has 1 heterocycles. The maximum Gasteiger partial charge on any atom is 0.393 e. The first-order valence-corrected chi connectivity index (χ1v) is 6.31. The molecule has 106 valence electrons. The highest BCUT2D eigenvalue weighted by Crippen LogP contribution is 2.38. The lowest BCUT2D eigenvalue weighted by atomic mass is 9.96. The summed E-state index contributed by atoms with van der Waals surface area (Å²) in [6.07, 6.45) is -2.62. The number of hydrogen-bond acceptors (Lipinski definition) is 2. The Bertz CT molecular complexity index is 290. The van der Waals surface area contributed by atoms with Gasteiger partial charge < -0.3 is 10.0 Å². The second-order valence-electron chi connectivity index (χ2n) is 4.99. The van der Waals surface area contributed by atoms with Crippen LogP contribution in [-0.2, 0) is 4.79 Å². The monoisotopic (exact) mass is 267 g/mol. The number of halogens is 3. The molecule has 18 heavy (non-hydrogen) atoms. The van der Waals surface area contributed by atoms with Gasteiger partial charge in [0, 0.05) is 19.6 Å². The molecule has 0 saturated carbocycles. The molecule has 1 rings (SSSR count). The molecule has 0 spiro atoms. The molecule has 1 N–H and O–H groups in total. The van der Waals surface area contributed by atoms with Crippen LogP contribution in [0.4, 0.5) is 13.2 Å². The molecule has 2 atom stereocenters. The van der Waals surface area contributed by atoms with Gasteiger partial charge in [-0.15, -0.1) is 0 Å². The Kier molecular flexibility index (Phi) is 5.01. The normalized spacial score (nSPS) is 25.9. The molecule has 1 saturated heterocycles. The average Bonchev–Trinajstić information content (AvgIpc) is 2.69. The third-order valence-corrected chi connectivity index (χ3v) is 3.80. The first-order valence-electron chi connectivity index (χ1n) is 6.31. The zero-order chi connectivity index (χ0) is 13.9. The fraction of sp³-hybridized carbons (Fsp3) is 0.917. The van der Waals surface area contributed by atoms with Crippen LogP contribution in [0.25, 0.3) is 0 Å². The molecule has 1 aliphatic heterocycles. The summed E-state index contributed by atoms with van der Waals surface area (Å²) in [4.78, 5) is 12.5. The van der Waals surface area contributed by atoms with Crippen molar-refractivity contribution < 1.29 is 23.1 Å². The Labute approximate surface area is 105 Å². The molecule has 0 radical (unpaired) electrons. The number of alkyl halides is 3. The van der Waals surface area contributed by atoms with Crippen molar-refractivity contribution in [2.75, 3.05) is 19.6 Å². The van der Waals surface area contributed by atoms with E-state index in [1.54, 1.807) is 4.90 Å². The van der Waals surface area contributed by atoms with E-state index in [0.29, 0.717) is 12.5 Å². The van der Waals surface area contributed by atoms with Gasteiger partial charge in [-0.3, -0.25) is 4.79 Å². The third kappa shape index (κ3) is 3.60. The number of carbonyl (C=O) groups is 1. The van der Waals surface area contributed by atoms with E-state index in [-0.39, 0.29) is 13.1 Å². The zero-order valence-corrected chi connectivity index (χ0v) is 10.7. The molecule has 0 amide bonds. The highest BCUT2D eigenvalue weighted by atomic mass is 19.4. The molecule has 1 aliphatic rings. The van der Waals surface area contributed by atoms with E-state index in [1.165, 1.54) is 0 Å². The first-order chi connectivity index (χ1) is 8.29. The van der Waals surface area contributed by atoms with Crippen molar-refractivity contribution in [3.63, 3.8) is 0 Å². The summed E-state index contributed by atoms with van der Waals surface area (Å²) in [6.45, 7) is 4.39. The zero-order valence-electron chi connectivity index (χ0n) is 10.7. The predicted octanol–water partition coefficient (Wildman–Crippen LogP) is 2.62. The Balaban J connectivity index is 2.69. The van der Waals surface area contributed by atoms with E-state index in [1.807, 2.05) is 13.8 Å². The fourth-order valence-corrected chi connectivity index (χ4v) is 2.53. The standard InChI is InChI=1S/C12H20F3NO2/c1-3-8(4-2)5-16-6-9(11(17)18)10(7-16)12(13,14)15/h8-10H,3-7H2,1-2H3,(H,17,18)/t9-,10-/m1/s1. The Morgan fingerprint density at radius 3 is 2.22 bits per heavy atom. The summed E-state index contributed by atoms with van der Waals surface area (Å²) in [5.74, 6) is -4.06. The maximum atomic E-state index is 12.8. The van der Waals surface area contributed by atoms with Crippen LogP contribution < -0.4 is 0 Å². The Morgan fingerprint density at radius 1 is 1.33 bits per heavy atom. The molecule has 3 nitrogen and oxygen atoms in total. The minimum atomic E-state index is -4.42. The van der Waals surface area contributed by atoms with Crippen LogP contribution in [0, 0.1) is 17.8 Å². The number of aliphatic carboxylic acids is 1. The minimum Gasteiger partial charge on any atom is -0.481 e. The van der Waals surface area contributed by atoms with E-state index < -0.39 is 24.0 Å². The van der Waals surface area contributed by atoms with Crippen molar-refractivity contribution in [2.24, 2.45) is 17.8 Å². The summed E-state index contributed by atoms with van der Waals surface area (Å²) in [6, 6.07) is 0. The number of carboxylic acid groups (broad SMARTS) is 1. The molecule has 0 aromatic heterocycles. The van der Waals surface area contributed by atoms with Gasteiger partial charge in [-0.05, 0) is 5.92 Å². The third-order valence-electron chi connectivity index (χ3n) is 3.80. The molecular weight excluding hydrogens is 247 g/mol. The molecule has 6 heteroatoms. The van der Waals surface area contributed by atoms with Crippen molar-refractivity contribution >= 4 is 5.97 Å². The number of hydrogen-bond donors (Lipinski definition) is 1. The van der Waals surface area contributed by atoms with Crippen molar-refractivity contribution in [1.29, 1.82) is 0 Å². The number of likely N-dealkylation sites (tertiary alicyclic amines) is 1. The summed E-state index contributed by atoms with van der Waals surface area (Å²) in [5.41, 5.74) is 0. The molecular formula is C12H20F3NO2. The van der Waals surface area contributed by atoms with Crippen LogP contribution in [0.2, 0.25) is 0 Å². The van der Waals surface area contributed by atoms with Gasteiger partial charge in [-0.1, -0.05) is 26.7 Å². The molecule has 1 fully saturated rings. The topological polar surface area (TPSA) is 40.5 Å². The van der Waals surface area contributed by atoms with Crippen LogP contribution in [0.15, 0.2) is 0 Å². The van der Waals surface area contributed by atoms with E-state index in [0.717, 1.165) is 12.8 Å². The van der Waals surface area contributed by atoms with Crippen LogP contribution in [0.5, 0.6) is 0 Å². The van der Waals surface area contributed by atoms with Gasteiger partial charge in [-0.2, -0.15) is 13.2 Å². The van der Waals surface area contributed by atoms with Crippen molar-refractivity contribution in [1.82, 2.24) is 4.90 Å². The summed E-state index contributed by atoms with van der Waals surface area (Å²) >= 11 is 0. The van der Waals surface area contributed by atoms with E-state index >= 15 is 0 Å². The smallest absolute Gasteiger partial charge is 0.393 e. The van der Waals surface area contributed by atoms with E-state index in [4.69, 9.17) is 5.11 Å². The first kappa shape index (κ1) is 15.3. The van der Waals surface area contributed by atoms with Gasteiger partial charge in [0.2, 0.25) is 0 Å². The SMILES string of the molecule is CCC(CC)CN1C[C@@H](C(F)(F)F)[C@H](C(=O)O)C1. The van der Waals surface area contributed by atoms with Crippen molar-refractivity contribution in [3.8, 4) is 0 Å². The quantitative estimate of drug-likeness (QED) is 0.832. The average molecular weight is 267 g/mol. The van der Waals surface area contributed by atoms with Crippen LogP contribution in [0.3, 0.4) is 0 Å². The summed E-state index contributed by atoms with van der Waals surface area (Å²) in [7, 11) is 0. The number of nitrogens with zero attached hydrogens (tertiary/aromatic N) is 1. The fourth-order valence-electron chi connectivity index (χ4n) is 2.53. The van der Waals surface area contributed by atoms with Crippen molar-refractivity contribution in [2.45, 2.75) is 32.9 Å². The van der Waals surface area contributed by atoms with Crippen LogP contribution >= 0.6 is 0 Å². The van der Waals surface area contributed by atoms with Gasteiger partial charge in [0.15, 0.2) is 0 Å². The lowest BCUT2D eigenvalue weighted by Crippen LogP contribution is -2.33. The number of rotatable bonds is 5. The van der Waals surface area contributed by atoms with Gasteiger partial charge in [0.25, 0.3) is 0 Å². The van der Waals surface area contributed by atoms with Crippen LogP contribution in [0.1, 0.15) is 26.7 Å². The second-order valence-corrected chi connectivity index (χ2v) is 4.99. The summed E-state index contributed by atoms with van der Waals surface area (Å²) < 4.78 is 38.3. The van der Waals surface area contributed by atoms with Crippen LogP contribution in [-0.4, -0.2) is 41.8 Å². The molecule has 0 aromatic carbocycles. The van der Waals surface area contributed by atoms with Gasteiger partial charge in [0.1, 0.15) is 0 Å². The highest BCUT2D eigenvalue weighted by Gasteiger charge is 2.52. The minimum absolute atomic E-state index is 0.00993. The van der Waals surface area contributed by atoms with E-state index in [9.17, 15) is 18.0 Å². The predicted molar refractivity (Wildman–Crippen MR) is 61.2 cm³/mol. The maximum absolute atomic E-state index is 12.8. The van der Waals surface area contributed by atoms with Gasteiger partial charge >= 0.3 is 12.1 Å². The van der Waals surface area contributed by atoms with Gasteiger partial charge in [-0.25, -0.2) is 0 Å². The van der Waals surface area contributed by atoms with Crippen molar-refractivity contribution in [3.05, 3.63) is 0 Å². The summed E-state index contributed by atoms with van der Waals surface area (Å²) in [5, 5.41) is 8.89. The molecule has 0 aromatic rings. The molecule has 0 unspecified atom stereocenters. The molecule has 0 aliphatic carbocycles. The Hall–Kier alpha value is -0.780.